The van der Waals surface area contributed by atoms with Crippen LogP contribution in [-0.4, -0.2) is 6.71 Å². The minimum absolute atomic E-state index is 0.120. The maximum atomic E-state index is 2.62. The van der Waals surface area contributed by atoms with E-state index >= 15 is 0 Å². The van der Waals surface area contributed by atoms with Crippen LogP contribution in [0.5, 0.6) is 0 Å². The van der Waals surface area contributed by atoms with E-state index in [9.17, 15) is 0 Å². The fraction of sp³-hybridized carbons (Fsp3) is 0.222. The first-order valence-electron chi connectivity index (χ1n) is 21.7. The Kier molecular flexibility index (Phi) is 9.70. The average Bonchev–Trinajstić information content (AvgIpc) is 3.63. The third-order valence-corrected chi connectivity index (χ3v) is 13.6. The van der Waals surface area contributed by atoms with Gasteiger partial charge in [-0.25, -0.2) is 0 Å². The monoisotopic (exact) mass is 770 g/mol. The quantitative estimate of drug-likeness (QED) is 0.121. The highest BCUT2D eigenvalue weighted by molar-refractivity contribution is 7.25. The molecule has 2 aliphatic heterocycles. The zero-order valence-corrected chi connectivity index (χ0v) is 35.1. The molecule has 0 unspecified atom stereocenters. The Morgan fingerprint density at radius 1 is 0.431 bits per heavy atom. The van der Waals surface area contributed by atoms with Gasteiger partial charge in [0.15, 0.2) is 0 Å². The first kappa shape index (κ1) is 36.7. The molecule has 0 fully saturated rings. The van der Waals surface area contributed by atoms with Gasteiger partial charge in [0.05, 0.1) is 5.69 Å². The number of nitrogens with zero attached hydrogens (tertiary/aromatic N) is 2. The van der Waals surface area contributed by atoms with Crippen LogP contribution < -0.4 is 26.2 Å². The Morgan fingerprint density at radius 3 is 1.66 bits per heavy atom. The van der Waals surface area contributed by atoms with Crippen molar-refractivity contribution in [1.82, 2.24) is 0 Å². The van der Waals surface area contributed by atoms with E-state index in [1.807, 2.05) is 11.3 Å². The van der Waals surface area contributed by atoms with Crippen molar-refractivity contribution in [2.75, 3.05) is 9.80 Å². The normalized spacial score (nSPS) is 12.9. The van der Waals surface area contributed by atoms with Crippen LogP contribution in [0.25, 0.3) is 31.3 Å². The predicted molar refractivity (Wildman–Crippen MR) is 255 cm³/mol. The Labute approximate surface area is 348 Å². The maximum Gasteiger partial charge on any atom is 0.252 e. The van der Waals surface area contributed by atoms with Crippen LogP contribution in [-0.2, 0) is 25.7 Å². The number of benzene rings is 7. The van der Waals surface area contributed by atoms with Gasteiger partial charge < -0.3 is 9.80 Å². The van der Waals surface area contributed by atoms with Gasteiger partial charge in [-0.1, -0.05) is 132 Å². The summed E-state index contributed by atoms with van der Waals surface area (Å²) in [5, 5.41) is 2.68. The number of fused-ring (bicyclic) bond motifs is 7. The van der Waals surface area contributed by atoms with E-state index in [0.29, 0.717) is 0 Å². The van der Waals surface area contributed by atoms with Crippen LogP contribution in [0.2, 0.25) is 0 Å². The molecule has 0 spiro atoms. The first-order chi connectivity index (χ1) is 28.6. The lowest BCUT2D eigenvalue weighted by atomic mass is 9.33. The van der Waals surface area contributed by atoms with Gasteiger partial charge in [0.1, 0.15) is 0 Å². The largest absolute Gasteiger partial charge is 0.311 e. The Hall–Kier alpha value is -5.58. The summed E-state index contributed by atoms with van der Waals surface area (Å²) in [6.45, 7) is 9.26. The van der Waals surface area contributed by atoms with E-state index in [1.165, 1.54) is 104 Å². The van der Waals surface area contributed by atoms with Crippen molar-refractivity contribution < 1.29 is 0 Å². The van der Waals surface area contributed by atoms with Gasteiger partial charge in [-0.3, -0.25) is 0 Å². The average molecular weight is 771 g/mol. The molecule has 0 radical (unpaired) electrons. The fourth-order valence-electron chi connectivity index (χ4n) is 9.92. The molecular formula is C54H51BN2S. The topological polar surface area (TPSA) is 6.48 Å². The number of aryl methyl sites for hydroxylation is 4. The summed E-state index contributed by atoms with van der Waals surface area (Å²) in [6.07, 6.45) is 8.81. The van der Waals surface area contributed by atoms with Crippen LogP contribution >= 0.6 is 11.3 Å². The summed E-state index contributed by atoms with van der Waals surface area (Å²) in [5.41, 5.74) is 19.9. The van der Waals surface area contributed by atoms with Crippen molar-refractivity contribution >= 4 is 88.7 Å². The maximum absolute atomic E-state index is 2.62. The lowest BCUT2D eigenvalue weighted by Crippen LogP contribution is -2.61. The van der Waals surface area contributed by atoms with Crippen molar-refractivity contribution in [2.45, 2.75) is 79.1 Å². The minimum atomic E-state index is 0.120. The van der Waals surface area contributed by atoms with Crippen LogP contribution in [0.4, 0.5) is 34.1 Å². The second-order valence-corrected chi connectivity index (χ2v) is 17.5. The van der Waals surface area contributed by atoms with E-state index in [4.69, 9.17) is 0 Å². The lowest BCUT2D eigenvalue weighted by Gasteiger charge is -2.44. The molecule has 0 atom stereocenters. The SMILES string of the molecule is CCCc1ccc(N2c3ccc(CCC)cc3B3c4cc(CCC)ccc4N(c4ccc(CCC)cc4-c4ccc5c(c4)sc4ccccc45)c4cccc2c43)cc1. The Morgan fingerprint density at radius 2 is 0.983 bits per heavy atom. The van der Waals surface area contributed by atoms with Gasteiger partial charge in [-0.05, 0) is 131 Å². The molecule has 7 aromatic carbocycles. The molecule has 286 valence electrons. The van der Waals surface area contributed by atoms with Gasteiger partial charge in [0.25, 0.3) is 6.71 Å². The van der Waals surface area contributed by atoms with Crippen LogP contribution in [0.15, 0.2) is 140 Å². The molecule has 0 saturated carbocycles. The summed E-state index contributed by atoms with van der Waals surface area (Å²) < 4.78 is 2.68. The first-order valence-corrected chi connectivity index (χ1v) is 22.5. The molecule has 0 amide bonds. The van der Waals surface area contributed by atoms with Crippen molar-refractivity contribution in [3.8, 4) is 11.1 Å². The highest BCUT2D eigenvalue weighted by Crippen LogP contribution is 2.47. The molecule has 10 rings (SSSR count). The van der Waals surface area contributed by atoms with Crippen molar-refractivity contribution in [3.63, 3.8) is 0 Å². The molecular weight excluding hydrogens is 719 g/mol. The number of hydrogen-bond donors (Lipinski definition) is 0. The van der Waals surface area contributed by atoms with Crippen LogP contribution in [0, 0.1) is 0 Å². The second kappa shape index (κ2) is 15.3. The van der Waals surface area contributed by atoms with Gasteiger partial charge in [-0.2, -0.15) is 0 Å². The molecule has 58 heavy (non-hydrogen) atoms. The van der Waals surface area contributed by atoms with E-state index in [1.54, 1.807) is 0 Å². The molecule has 2 nitrogen and oxygen atoms in total. The molecule has 3 heterocycles. The van der Waals surface area contributed by atoms with Gasteiger partial charge >= 0.3 is 0 Å². The highest BCUT2D eigenvalue weighted by Gasteiger charge is 2.43. The molecule has 8 aromatic rings. The van der Waals surface area contributed by atoms with E-state index in [2.05, 4.69) is 177 Å². The lowest BCUT2D eigenvalue weighted by molar-refractivity contribution is 0.921. The zero-order valence-electron chi connectivity index (χ0n) is 34.3. The standard InChI is InChI=1S/C54H51BN2S/c1-5-12-36-20-26-41(27-21-36)56-48-30-23-38(14-7-3)33-45(48)55-46-34-39(15-8-4)24-31-49(46)57(51-18-11-17-50(56)54(51)55)47-29-22-37(13-6-2)32-44(47)40-25-28-43-42-16-9-10-19-52(42)58-53(43)35-40/h9-11,16-35H,5-8,12-15H2,1-4H3. The molecule has 0 saturated heterocycles. The van der Waals surface area contributed by atoms with Crippen LogP contribution in [0.1, 0.15) is 75.6 Å². The molecule has 2 aliphatic rings. The number of thiophene rings is 1. The Balaban J connectivity index is 1.24. The summed E-state index contributed by atoms with van der Waals surface area (Å²) in [7, 11) is 0. The molecule has 4 heteroatoms. The Bertz CT molecular complexity index is 2820. The van der Waals surface area contributed by atoms with E-state index < -0.39 is 0 Å². The summed E-state index contributed by atoms with van der Waals surface area (Å²) in [6, 6.07) is 54.4. The second-order valence-electron chi connectivity index (χ2n) is 16.4. The van der Waals surface area contributed by atoms with Gasteiger partial charge in [0, 0.05) is 54.2 Å². The molecule has 1 aromatic heterocycles. The van der Waals surface area contributed by atoms with E-state index in [-0.39, 0.29) is 6.71 Å². The summed E-state index contributed by atoms with van der Waals surface area (Å²) >= 11 is 1.90. The number of anilines is 6. The smallest absolute Gasteiger partial charge is 0.252 e. The number of rotatable bonds is 11. The zero-order chi connectivity index (χ0) is 39.3. The fourth-order valence-corrected chi connectivity index (χ4v) is 11.1. The van der Waals surface area contributed by atoms with Crippen molar-refractivity contribution in [1.29, 1.82) is 0 Å². The third-order valence-electron chi connectivity index (χ3n) is 12.5. The summed E-state index contributed by atoms with van der Waals surface area (Å²) in [5.74, 6) is 0. The van der Waals surface area contributed by atoms with Crippen molar-refractivity contribution in [3.05, 3.63) is 162 Å². The van der Waals surface area contributed by atoms with Crippen LogP contribution in [0.3, 0.4) is 0 Å². The van der Waals surface area contributed by atoms with Gasteiger partial charge in [0.2, 0.25) is 0 Å². The molecule has 0 N–H and O–H groups in total. The molecule has 0 bridgehead atoms. The highest BCUT2D eigenvalue weighted by atomic mass is 32.1. The third kappa shape index (κ3) is 6.16. The van der Waals surface area contributed by atoms with Crippen molar-refractivity contribution in [2.24, 2.45) is 0 Å². The molecule has 0 aliphatic carbocycles. The predicted octanol–water partition coefficient (Wildman–Crippen LogP) is 13.6. The number of hydrogen-bond acceptors (Lipinski definition) is 3. The van der Waals surface area contributed by atoms with Gasteiger partial charge in [-0.15, -0.1) is 11.3 Å². The van der Waals surface area contributed by atoms with E-state index in [0.717, 1.165) is 51.4 Å². The summed E-state index contributed by atoms with van der Waals surface area (Å²) in [4.78, 5) is 5.17. The minimum Gasteiger partial charge on any atom is -0.311 e.